The molecule has 1 saturated carbocycles. The summed E-state index contributed by atoms with van der Waals surface area (Å²) >= 11 is 0. The largest absolute Gasteiger partial charge is 0.339 e. The van der Waals surface area contributed by atoms with Crippen LogP contribution in [-0.2, 0) is 4.79 Å². The molecule has 1 aliphatic carbocycles. The molecule has 1 N–H and O–H groups in total. The Kier molecular flexibility index (Phi) is 2.52. The highest BCUT2D eigenvalue weighted by Gasteiger charge is 2.48. The van der Waals surface area contributed by atoms with Crippen LogP contribution in [-0.4, -0.2) is 37.0 Å². The zero-order valence-corrected chi connectivity index (χ0v) is 9.18. The second-order valence-corrected chi connectivity index (χ2v) is 4.92. The zero-order chi connectivity index (χ0) is 10.2. The monoisotopic (exact) mass is 196 g/mol. The van der Waals surface area contributed by atoms with Gasteiger partial charge in [-0.1, -0.05) is 0 Å². The maximum atomic E-state index is 11.9. The average Bonchev–Trinajstić information content (AvgIpc) is 2.85. The Bertz CT molecular complexity index is 235. The zero-order valence-electron chi connectivity index (χ0n) is 9.18. The molecule has 1 heterocycles. The van der Waals surface area contributed by atoms with E-state index in [-0.39, 0.29) is 0 Å². The molecule has 14 heavy (non-hydrogen) atoms. The maximum absolute atomic E-state index is 11.9. The number of hydrogen-bond donors (Lipinski definition) is 1. The molecule has 0 bridgehead atoms. The van der Waals surface area contributed by atoms with Gasteiger partial charge >= 0.3 is 0 Å². The van der Waals surface area contributed by atoms with Gasteiger partial charge in [0, 0.05) is 25.6 Å². The molecule has 0 radical (unpaired) electrons. The minimum absolute atomic E-state index is 0.351. The highest BCUT2D eigenvalue weighted by atomic mass is 16.2. The van der Waals surface area contributed by atoms with Crippen LogP contribution in [0, 0.1) is 5.41 Å². The standard InChI is InChI=1S/C11H20N2O/c1-9(8-12-2)13-6-5-11(3-4-11)7-10(13)14/h9,12H,3-8H2,1-2H3. The fraction of sp³-hybridized carbons (Fsp3) is 0.909. The third kappa shape index (κ3) is 1.78. The fourth-order valence-electron chi connectivity index (χ4n) is 2.47. The number of amides is 1. The summed E-state index contributed by atoms with van der Waals surface area (Å²) in [7, 11) is 1.94. The van der Waals surface area contributed by atoms with Crippen molar-refractivity contribution in [3.8, 4) is 0 Å². The minimum atomic E-state index is 0.351. The first-order valence-corrected chi connectivity index (χ1v) is 5.61. The first-order valence-electron chi connectivity index (χ1n) is 5.61. The molecule has 0 aromatic carbocycles. The van der Waals surface area contributed by atoms with Crippen LogP contribution in [0.5, 0.6) is 0 Å². The lowest BCUT2D eigenvalue weighted by molar-refractivity contribution is -0.137. The van der Waals surface area contributed by atoms with E-state index in [2.05, 4.69) is 12.2 Å². The summed E-state index contributed by atoms with van der Waals surface area (Å²) in [6.07, 6.45) is 4.60. The molecule has 0 aromatic rings. The van der Waals surface area contributed by atoms with Crippen molar-refractivity contribution in [1.82, 2.24) is 10.2 Å². The normalized spacial score (nSPS) is 26.7. The van der Waals surface area contributed by atoms with E-state index in [0.717, 1.165) is 19.5 Å². The Labute approximate surface area is 85.8 Å². The smallest absolute Gasteiger partial charge is 0.223 e. The minimum Gasteiger partial charge on any atom is -0.339 e. The molecule has 2 fully saturated rings. The maximum Gasteiger partial charge on any atom is 0.223 e. The Morgan fingerprint density at radius 3 is 2.71 bits per heavy atom. The van der Waals surface area contributed by atoms with E-state index in [4.69, 9.17) is 0 Å². The Morgan fingerprint density at radius 2 is 2.21 bits per heavy atom. The van der Waals surface area contributed by atoms with E-state index < -0.39 is 0 Å². The molecule has 1 amide bonds. The highest BCUT2D eigenvalue weighted by molar-refractivity contribution is 5.78. The summed E-state index contributed by atoms with van der Waals surface area (Å²) < 4.78 is 0. The topological polar surface area (TPSA) is 32.3 Å². The number of carbonyl (C=O) groups is 1. The SMILES string of the molecule is CNCC(C)N1CCC2(CC2)CC1=O. The molecule has 1 saturated heterocycles. The van der Waals surface area contributed by atoms with Gasteiger partial charge in [-0.05, 0) is 38.6 Å². The second-order valence-electron chi connectivity index (χ2n) is 4.92. The number of nitrogens with zero attached hydrogens (tertiary/aromatic N) is 1. The first-order chi connectivity index (χ1) is 6.67. The Morgan fingerprint density at radius 1 is 1.50 bits per heavy atom. The molecule has 1 spiro atoms. The lowest BCUT2D eigenvalue weighted by Gasteiger charge is -2.36. The second kappa shape index (κ2) is 3.54. The van der Waals surface area contributed by atoms with Crippen LogP contribution in [0.2, 0.25) is 0 Å². The average molecular weight is 196 g/mol. The predicted molar refractivity (Wildman–Crippen MR) is 56.0 cm³/mol. The van der Waals surface area contributed by atoms with Crippen molar-refractivity contribution in [3.05, 3.63) is 0 Å². The summed E-state index contributed by atoms with van der Waals surface area (Å²) in [5.74, 6) is 0.372. The van der Waals surface area contributed by atoms with E-state index in [0.29, 0.717) is 17.4 Å². The molecule has 1 aliphatic heterocycles. The van der Waals surface area contributed by atoms with Gasteiger partial charge in [-0.15, -0.1) is 0 Å². The van der Waals surface area contributed by atoms with E-state index in [1.165, 1.54) is 19.3 Å². The molecule has 3 heteroatoms. The molecule has 2 aliphatic rings. The number of likely N-dealkylation sites (tertiary alicyclic amines) is 1. The molecule has 80 valence electrons. The van der Waals surface area contributed by atoms with Gasteiger partial charge in [0.1, 0.15) is 0 Å². The van der Waals surface area contributed by atoms with Gasteiger partial charge in [0.05, 0.1) is 0 Å². The van der Waals surface area contributed by atoms with E-state index >= 15 is 0 Å². The highest BCUT2D eigenvalue weighted by Crippen LogP contribution is 2.54. The summed E-state index contributed by atoms with van der Waals surface area (Å²) in [6, 6.07) is 0.351. The lowest BCUT2D eigenvalue weighted by Crippen LogP contribution is -2.48. The molecule has 1 unspecified atom stereocenters. The molecular weight excluding hydrogens is 176 g/mol. The van der Waals surface area contributed by atoms with Gasteiger partial charge in [0.25, 0.3) is 0 Å². The van der Waals surface area contributed by atoms with Crippen LogP contribution in [0.3, 0.4) is 0 Å². The number of piperidine rings is 1. The Hall–Kier alpha value is -0.570. The van der Waals surface area contributed by atoms with Gasteiger partial charge in [0.2, 0.25) is 5.91 Å². The van der Waals surface area contributed by atoms with Crippen molar-refractivity contribution < 1.29 is 4.79 Å². The van der Waals surface area contributed by atoms with Crippen molar-refractivity contribution in [2.45, 2.75) is 38.6 Å². The van der Waals surface area contributed by atoms with E-state index in [9.17, 15) is 4.79 Å². The number of nitrogens with one attached hydrogen (secondary N) is 1. The van der Waals surface area contributed by atoms with Gasteiger partial charge in [-0.2, -0.15) is 0 Å². The van der Waals surface area contributed by atoms with Crippen LogP contribution in [0.4, 0.5) is 0 Å². The number of rotatable bonds is 3. The van der Waals surface area contributed by atoms with Gasteiger partial charge < -0.3 is 10.2 Å². The van der Waals surface area contributed by atoms with Crippen molar-refractivity contribution >= 4 is 5.91 Å². The molecule has 0 aromatic heterocycles. The number of carbonyl (C=O) groups excluding carboxylic acids is 1. The first kappa shape index (κ1) is 9.97. The lowest BCUT2D eigenvalue weighted by atomic mass is 9.92. The van der Waals surface area contributed by atoms with Crippen LogP contribution in [0.25, 0.3) is 0 Å². The van der Waals surface area contributed by atoms with E-state index in [1.54, 1.807) is 0 Å². The van der Waals surface area contributed by atoms with Crippen molar-refractivity contribution in [2.75, 3.05) is 20.1 Å². The molecule has 1 atom stereocenters. The molecule has 2 rings (SSSR count). The fourth-order valence-corrected chi connectivity index (χ4v) is 2.47. The summed E-state index contributed by atoms with van der Waals surface area (Å²) in [4.78, 5) is 13.9. The van der Waals surface area contributed by atoms with Gasteiger partial charge in [-0.25, -0.2) is 0 Å². The summed E-state index contributed by atoms with van der Waals surface area (Å²) in [6.45, 7) is 4.00. The van der Waals surface area contributed by atoms with Crippen LogP contribution in [0.15, 0.2) is 0 Å². The van der Waals surface area contributed by atoms with Crippen LogP contribution < -0.4 is 5.32 Å². The predicted octanol–water partition coefficient (Wildman–Crippen LogP) is 0.997. The summed E-state index contributed by atoms with van der Waals surface area (Å²) in [5, 5.41) is 3.13. The van der Waals surface area contributed by atoms with Crippen molar-refractivity contribution in [2.24, 2.45) is 5.41 Å². The number of hydrogen-bond acceptors (Lipinski definition) is 2. The van der Waals surface area contributed by atoms with Gasteiger partial charge in [-0.3, -0.25) is 4.79 Å². The summed E-state index contributed by atoms with van der Waals surface area (Å²) in [5.41, 5.74) is 0.451. The Balaban J connectivity index is 1.91. The number of likely N-dealkylation sites (N-methyl/N-ethyl adjacent to an activating group) is 1. The quantitative estimate of drug-likeness (QED) is 0.730. The molecule has 3 nitrogen and oxygen atoms in total. The van der Waals surface area contributed by atoms with Crippen molar-refractivity contribution in [1.29, 1.82) is 0 Å². The van der Waals surface area contributed by atoms with Crippen molar-refractivity contribution in [3.63, 3.8) is 0 Å². The van der Waals surface area contributed by atoms with Gasteiger partial charge in [0.15, 0.2) is 0 Å². The van der Waals surface area contributed by atoms with Crippen LogP contribution >= 0.6 is 0 Å². The molecular formula is C11H20N2O. The van der Waals surface area contributed by atoms with E-state index in [1.807, 2.05) is 11.9 Å². The van der Waals surface area contributed by atoms with Crippen LogP contribution in [0.1, 0.15) is 32.6 Å². The third-order valence-electron chi connectivity index (χ3n) is 3.72. The third-order valence-corrected chi connectivity index (χ3v) is 3.72.